The van der Waals surface area contributed by atoms with Crippen LogP contribution in [0.5, 0.6) is 0 Å². The SMILES string of the molecule is [CH2]CCCCCCCCCCCCCCCCC(C)CCC[CH2]. The van der Waals surface area contributed by atoms with E-state index in [0.717, 1.165) is 18.8 Å². The highest BCUT2D eigenvalue weighted by Crippen LogP contribution is 2.17. The zero-order valence-electron chi connectivity index (χ0n) is 16.4. The maximum atomic E-state index is 3.93. The van der Waals surface area contributed by atoms with Crippen LogP contribution in [0.2, 0.25) is 0 Å². The van der Waals surface area contributed by atoms with Gasteiger partial charge in [0.05, 0.1) is 0 Å². The fraction of sp³-hybridized carbons (Fsp3) is 0.913. The molecule has 23 heavy (non-hydrogen) atoms. The number of hydrogen-bond acceptors (Lipinski definition) is 0. The summed E-state index contributed by atoms with van der Waals surface area (Å²) in [6.45, 7) is 10.2. The fourth-order valence-electron chi connectivity index (χ4n) is 3.43. The molecule has 2 radical (unpaired) electrons. The molecule has 0 aliphatic carbocycles. The second-order valence-corrected chi connectivity index (χ2v) is 7.69. The van der Waals surface area contributed by atoms with Crippen molar-refractivity contribution in [1.82, 2.24) is 0 Å². The second-order valence-electron chi connectivity index (χ2n) is 7.69. The molecule has 0 nitrogen and oxygen atoms in total. The molecule has 138 valence electrons. The zero-order chi connectivity index (χ0) is 17.0. The summed E-state index contributed by atoms with van der Waals surface area (Å²) in [5.41, 5.74) is 0. The minimum atomic E-state index is 0.926. The predicted molar refractivity (Wildman–Crippen MR) is 108 cm³/mol. The van der Waals surface area contributed by atoms with Crippen LogP contribution in [-0.4, -0.2) is 0 Å². The van der Waals surface area contributed by atoms with Crippen molar-refractivity contribution in [3.63, 3.8) is 0 Å². The average Bonchev–Trinajstić information content (AvgIpc) is 2.56. The van der Waals surface area contributed by atoms with Crippen LogP contribution in [0.1, 0.15) is 129 Å². The molecule has 0 fully saturated rings. The molecule has 0 amide bonds. The van der Waals surface area contributed by atoms with Crippen molar-refractivity contribution in [1.29, 1.82) is 0 Å². The molecule has 0 aliphatic rings. The Hall–Kier alpha value is 0. The highest BCUT2D eigenvalue weighted by atomic mass is 14.1. The molecule has 0 heteroatoms. The molecule has 0 aromatic carbocycles. The first kappa shape index (κ1) is 23.0. The van der Waals surface area contributed by atoms with Crippen LogP contribution >= 0.6 is 0 Å². The van der Waals surface area contributed by atoms with Gasteiger partial charge < -0.3 is 0 Å². The van der Waals surface area contributed by atoms with Gasteiger partial charge in [0.2, 0.25) is 0 Å². The van der Waals surface area contributed by atoms with E-state index in [0.29, 0.717) is 0 Å². The van der Waals surface area contributed by atoms with Crippen molar-refractivity contribution >= 4 is 0 Å². The minimum Gasteiger partial charge on any atom is -0.0625 e. The molecule has 0 aromatic heterocycles. The molecule has 0 rings (SSSR count). The Balaban J connectivity index is 3.02. The smallest absolute Gasteiger partial charge is 0.0443 e. The van der Waals surface area contributed by atoms with E-state index in [-0.39, 0.29) is 0 Å². The summed E-state index contributed by atoms with van der Waals surface area (Å²) in [6.07, 6.45) is 26.7. The summed E-state index contributed by atoms with van der Waals surface area (Å²) in [5.74, 6) is 0.926. The number of hydrogen-bond donors (Lipinski definition) is 0. The Morgan fingerprint density at radius 1 is 0.435 bits per heavy atom. The molecular weight excluding hydrogens is 276 g/mol. The first-order valence-electron chi connectivity index (χ1n) is 10.9. The Kier molecular flexibility index (Phi) is 20.0. The summed E-state index contributed by atoms with van der Waals surface area (Å²) in [6, 6.07) is 0. The van der Waals surface area contributed by atoms with E-state index in [2.05, 4.69) is 20.8 Å². The third-order valence-corrected chi connectivity index (χ3v) is 5.14. The second kappa shape index (κ2) is 20.0. The molecule has 0 spiro atoms. The summed E-state index contributed by atoms with van der Waals surface area (Å²) in [5, 5.41) is 0. The Labute approximate surface area is 149 Å². The molecule has 0 heterocycles. The molecule has 0 bridgehead atoms. The van der Waals surface area contributed by atoms with Crippen LogP contribution in [0.15, 0.2) is 0 Å². The molecule has 0 saturated carbocycles. The van der Waals surface area contributed by atoms with Crippen molar-refractivity contribution in [2.45, 2.75) is 129 Å². The van der Waals surface area contributed by atoms with Gasteiger partial charge in [-0.05, 0) is 5.92 Å². The van der Waals surface area contributed by atoms with Crippen LogP contribution in [0.3, 0.4) is 0 Å². The topological polar surface area (TPSA) is 0 Å². The van der Waals surface area contributed by atoms with E-state index in [1.165, 1.54) is 109 Å². The van der Waals surface area contributed by atoms with E-state index < -0.39 is 0 Å². The monoisotopic (exact) mass is 322 g/mol. The van der Waals surface area contributed by atoms with Gasteiger partial charge in [0.25, 0.3) is 0 Å². The molecule has 1 atom stereocenters. The van der Waals surface area contributed by atoms with Gasteiger partial charge in [0, 0.05) is 0 Å². The van der Waals surface area contributed by atoms with Crippen LogP contribution in [-0.2, 0) is 0 Å². The maximum Gasteiger partial charge on any atom is -0.0443 e. The van der Waals surface area contributed by atoms with Gasteiger partial charge in [-0.15, -0.1) is 0 Å². The lowest BCUT2D eigenvalue weighted by atomic mass is 9.97. The molecule has 0 aliphatic heterocycles. The van der Waals surface area contributed by atoms with E-state index in [4.69, 9.17) is 0 Å². The van der Waals surface area contributed by atoms with E-state index in [9.17, 15) is 0 Å². The van der Waals surface area contributed by atoms with Crippen LogP contribution in [0.25, 0.3) is 0 Å². The van der Waals surface area contributed by atoms with Crippen molar-refractivity contribution in [2.24, 2.45) is 5.92 Å². The van der Waals surface area contributed by atoms with Crippen molar-refractivity contribution in [2.75, 3.05) is 0 Å². The summed E-state index contributed by atoms with van der Waals surface area (Å²) in [7, 11) is 0. The molecule has 1 unspecified atom stereocenters. The molecule has 0 aromatic rings. The zero-order valence-corrected chi connectivity index (χ0v) is 16.4. The van der Waals surface area contributed by atoms with Crippen LogP contribution < -0.4 is 0 Å². The maximum absolute atomic E-state index is 3.93. The van der Waals surface area contributed by atoms with Gasteiger partial charge in [-0.3, -0.25) is 0 Å². The van der Waals surface area contributed by atoms with Crippen molar-refractivity contribution < 1.29 is 0 Å². The van der Waals surface area contributed by atoms with Gasteiger partial charge in [0.15, 0.2) is 0 Å². The first-order valence-corrected chi connectivity index (χ1v) is 10.9. The Bertz CT molecular complexity index is 196. The lowest BCUT2D eigenvalue weighted by molar-refractivity contribution is 0.443. The lowest BCUT2D eigenvalue weighted by Crippen LogP contribution is -1.94. The van der Waals surface area contributed by atoms with Gasteiger partial charge in [-0.25, -0.2) is 0 Å². The normalized spacial score (nSPS) is 12.7. The average molecular weight is 323 g/mol. The quantitative estimate of drug-likeness (QED) is 0.209. The van der Waals surface area contributed by atoms with E-state index in [1.807, 2.05) is 0 Å². The first-order chi connectivity index (χ1) is 11.3. The lowest BCUT2D eigenvalue weighted by Gasteiger charge is -2.10. The van der Waals surface area contributed by atoms with Crippen molar-refractivity contribution in [3.8, 4) is 0 Å². The summed E-state index contributed by atoms with van der Waals surface area (Å²) >= 11 is 0. The van der Waals surface area contributed by atoms with E-state index in [1.54, 1.807) is 0 Å². The Morgan fingerprint density at radius 3 is 1.13 bits per heavy atom. The highest BCUT2D eigenvalue weighted by Gasteiger charge is 2.01. The molecular formula is C23H46. The van der Waals surface area contributed by atoms with Crippen LogP contribution in [0.4, 0.5) is 0 Å². The van der Waals surface area contributed by atoms with Gasteiger partial charge in [-0.2, -0.15) is 0 Å². The minimum absolute atomic E-state index is 0.926. The third kappa shape index (κ3) is 20.0. The predicted octanol–water partition coefficient (Wildman–Crippen LogP) is 8.70. The Morgan fingerprint density at radius 2 is 0.739 bits per heavy atom. The third-order valence-electron chi connectivity index (χ3n) is 5.14. The van der Waals surface area contributed by atoms with Crippen LogP contribution in [0, 0.1) is 19.8 Å². The van der Waals surface area contributed by atoms with E-state index >= 15 is 0 Å². The number of unbranched alkanes of at least 4 members (excludes halogenated alkanes) is 15. The summed E-state index contributed by atoms with van der Waals surface area (Å²) < 4.78 is 0. The van der Waals surface area contributed by atoms with Gasteiger partial charge in [-0.1, -0.05) is 143 Å². The largest absolute Gasteiger partial charge is 0.0625 e. The van der Waals surface area contributed by atoms with Gasteiger partial charge >= 0.3 is 0 Å². The molecule has 0 saturated heterocycles. The number of rotatable bonds is 19. The fourth-order valence-corrected chi connectivity index (χ4v) is 3.43. The summed E-state index contributed by atoms with van der Waals surface area (Å²) in [4.78, 5) is 0. The van der Waals surface area contributed by atoms with Crippen molar-refractivity contribution in [3.05, 3.63) is 13.8 Å². The van der Waals surface area contributed by atoms with Gasteiger partial charge in [0.1, 0.15) is 0 Å². The highest BCUT2D eigenvalue weighted by molar-refractivity contribution is 4.56. The molecule has 0 N–H and O–H groups in total. The standard InChI is InChI=1S/C23H46/c1-4-6-8-9-10-11-12-13-14-15-16-17-18-19-20-22-23(3)21-7-5-2/h23H,1-2,4-22H2,3H3.